The van der Waals surface area contributed by atoms with Crippen LogP contribution in [-0.2, 0) is 6.18 Å². The number of hydrogen-bond donors (Lipinski definition) is 0. The van der Waals surface area contributed by atoms with Crippen LogP contribution in [-0.4, -0.2) is 22.1 Å². The summed E-state index contributed by atoms with van der Waals surface area (Å²) in [4.78, 5) is 20.3. The van der Waals surface area contributed by atoms with Crippen molar-refractivity contribution in [1.82, 2.24) is 4.98 Å². The Hall–Kier alpha value is -1.93. The van der Waals surface area contributed by atoms with Crippen LogP contribution in [0.3, 0.4) is 0 Å². The Balaban J connectivity index is 2.32. The van der Waals surface area contributed by atoms with Crippen LogP contribution < -0.4 is 0 Å². The van der Waals surface area contributed by atoms with Crippen molar-refractivity contribution in [2.75, 3.05) is 6.26 Å². The molecule has 138 valence electrons. The first-order valence-electron chi connectivity index (χ1n) is 7.25. The van der Waals surface area contributed by atoms with Gasteiger partial charge in [0, 0.05) is 11.8 Å². The van der Waals surface area contributed by atoms with E-state index in [2.05, 4.69) is 9.98 Å². The number of aromatic nitrogens is 1. The Bertz CT molecular complexity index is 868. The van der Waals surface area contributed by atoms with E-state index in [4.69, 9.17) is 11.6 Å². The average molecular weight is 405 g/mol. The van der Waals surface area contributed by atoms with Crippen molar-refractivity contribution in [2.24, 2.45) is 4.99 Å². The molecular weight excluding hydrogens is 392 g/mol. The molecule has 26 heavy (non-hydrogen) atoms. The maximum atomic E-state index is 13.5. The van der Waals surface area contributed by atoms with Gasteiger partial charge in [0.05, 0.1) is 22.7 Å². The van der Waals surface area contributed by atoms with Gasteiger partial charge in [0.1, 0.15) is 11.0 Å². The van der Waals surface area contributed by atoms with E-state index >= 15 is 0 Å². The highest BCUT2D eigenvalue weighted by atomic mass is 35.5. The van der Waals surface area contributed by atoms with Crippen molar-refractivity contribution in [2.45, 2.75) is 19.5 Å². The SMILES string of the molecule is CSC(CC(=O)c1ccnc(Cl)c1C)=Nc1cc(F)cc(C(F)(F)F)c1. The Morgan fingerprint density at radius 3 is 2.62 bits per heavy atom. The third-order valence-electron chi connectivity index (χ3n) is 3.45. The summed E-state index contributed by atoms with van der Waals surface area (Å²) in [5.74, 6) is -1.37. The van der Waals surface area contributed by atoms with Crippen LogP contribution in [0.25, 0.3) is 0 Å². The number of Topliss-reactive ketones (excluding diaryl/α,β-unsaturated/α-hetero) is 1. The van der Waals surface area contributed by atoms with Gasteiger partial charge in [-0.3, -0.25) is 4.79 Å². The van der Waals surface area contributed by atoms with Crippen molar-refractivity contribution >= 4 is 39.9 Å². The van der Waals surface area contributed by atoms with Crippen molar-refractivity contribution in [3.8, 4) is 0 Å². The summed E-state index contributed by atoms with van der Waals surface area (Å²) in [6.45, 7) is 1.64. The molecule has 0 bridgehead atoms. The molecule has 2 aromatic rings. The zero-order valence-electron chi connectivity index (χ0n) is 13.7. The molecular formula is C17H13ClF4N2OS. The van der Waals surface area contributed by atoms with Gasteiger partial charge < -0.3 is 0 Å². The molecule has 2 rings (SSSR count). The Labute approximate surface area is 156 Å². The van der Waals surface area contributed by atoms with Crippen molar-refractivity contribution < 1.29 is 22.4 Å². The van der Waals surface area contributed by atoms with Crippen LogP contribution in [0.5, 0.6) is 0 Å². The van der Waals surface area contributed by atoms with Gasteiger partial charge >= 0.3 is 6.18 Å². The molecule has 0 unspecified atom stereocenters. The second kappa shape index (κ2) is 8.18. The zero-order chi connectivity index (χ0) is 19.5. The monoisotopic (exact) mass is 404 g/mol. The van der Waals surface area contributed by atoms with E-state index < -0.39 is 17.6 Å². The number of carbonyl (C=O) groups is 1. The third kappa shape index (κ3) is 5.04. The van der Waals surface area contributed by atoms with E-state index in [1.807, 2.05) is 0 Å². The molecule has 0 saturated heterocycles. The van der Waals surface area contributed by atoms with Gasteiger partial charge in [0.2, 0.25) is 0 Å². The second-order valence-electron chi connectivity index (χ2n) is 5.28. The smallest absolute Gasteiger partial charge is 0.294 e. The lowest BCUT2D eigenvalue weighted by Crippen LogP contribution is -2.08. The molecule has 1 heterocycles. The van der Waals surface area contributed by atoms with Gasteiger partial charge in [0.15, 0.2) is 5.78 Å². The fraction of sp³-hybridized carbons (Fsp3) is 0.235. The highest BCUT2D eigenvalue weighted by Gasteiger charge is 2.31. The molecule has 9 heteroatoms. The first-order valence-corrected chi connectivity index (χ1v) is 8.85. The molecule has 0 radical (unpaired) electrons. The summed E-state index contributed by atoms with van der Waals surface area (Å²) < 4.78 is 51.8. The van der Waals surface area contributed by atoms with E-state index in [1.54, 1.807) is 13.2 Å². The van der Waals surface area contributed by atoms with Gasteiger partial charge in [-0.1, -0.05) is 11.6 Å². The number of pyridine rings is 1. The molecule has 1 aromatic carbocycles. The predicted molar refractivity (Wildman–Crippen MR) is 94.9 cm³/mol. The van der Waals surface area contributed by atoms with Crippen molar-refractivity contribution in [1.29, 1.82) is 0 Å². The molecule has 1 aromatic heterocycles. The van der Waals surface area contributed by atoms with Crippen LogP contribution in [0, 0.1) is 12.7 Å². The molecule has 0 aliphatic carbocycles. The van der Waals surface area contributed by atoms with E-state index in [-0.39, 0.29) is 28.1 Å². The molecule has 0 atom stereocenters. The largest absolute Gasteiger partial charge is 0.416 e. The minimum absolute atomic E-state index is 0.153. The number of carbonyl (C=O) groups excluding carboxylic acids is 1. The number of halogens is 5. The average Bonchev–Trinajstić information content (AvgIpc) is 2.55. The minimum atomic E-state index is -4.69. The van der Waals surface area contributed by atoms with E-state index in [1.165, 1.54) is 12.3 Å². The van der Waals surface area contributed by atoms with E-state index in [9.17, 15) is 22.4 Å². The van der Waals surface area contributed by atoms with Gasteiger partial charge in [-0.05, 0) is 43.0 Å². The quantitative estimate of drug-likeness (QED) is 0.210. The number of ketones is 1. The van der Waals surface area contributed by atoms with Gasteiger partial charge in [-0.2, -0.15) is 13.2 Å². The van der Waals surface area contributed by atoms with Crippen molar-refractivity contribution in [3.63, 3.8) is 0 Å². The summed E-state index contributed by atoms with van der Waals surface area (Å²) >= 11 is 6.98. The maximum absolute atomic E-state index is 13.5. The standard InChI is InChI=1S/C17H13ClF4N2OS/c1-9-13(3-4-23-16(9)18)14(25)8-15(26-2)24-12-6-10(17(20,21)22)5-11(19)7-12/h3-7H,8H2,1-2H3. The maximum Gasteiger partial charge on any atom is 0.416 e. The molecule has 0 amide bonds. The molecule has 0 aliphatic rings. The summed E-state index contributed by atoms with van der Waals surface area (Å²) in [5, 5.41) is 0.444. The third-order valence-corrected chi connectivity index (χ3v) is 4.54. The second-order valence-corrected chi connectivity index (χ2v) is 6.52. The number of nitrogens with zero attached hydrogens (tertiary/aromatic N) is 2. The number of thioether (sulfide) groups is 1. The number of benzene rings is 1. The first-order chi connectivity index (χ1) is 12.1. The summed E-state index contributed by atoms with van der Waals surface area (Å²) in [7, 11) is 0. The Morgan fingerprint density at radius 2 is 2.00 bits per heavy atom. The highest BCUT2D eigenvalue weighted by Crippen LogP contribution is 2.33. The molecule has 0 fully saturated rings. The zero-order valence-corrected chi connectivity index (χ0v) is 15.3. The number of rotatable bonds is 4. The predicted octanol–water partition coefficient (Wildman–Crippen LogP) is 5.87. The lowest BCUT2D eigenvalue weighted by Gasteiger charge is -2.09. The van der Waals surface area contributed by atoms with Crippen LogP contribution in [0.4, 0.5) is 23.2 Å². The topological polar surface area (TPSA) is 42.3 Å². The molecule has 0 spiro atoms. The lowest BCUT2D eigenvalue weighted by molar-refractivity contribution is -0.137. The van der Waals surface area contributed by atoms with E-state index in [0.717, 1.165) is 23.9 Å². The Kier molecular flexibility index (Phi) is 6.41. The Morgan fingerprint density at radius 1 is 1.31 bits per heavy atom. The van der Waals surface area contributed by atoms with Gasteiger partial charge in [-0.15, -0.1) is 11.8 Å². The van der Waals surface area contributed by atoms with Crippen LogP contribution in [0.2, 0.25) is 5.15 Å². The summed E-state index contributed by atoms with van der Waals surface area (Å²) in [5.41, 5.74) is -0.495. The summed E-state index contributed by atoms with van der Waals surface area (Å²) in [6, 6.07) is 3.51. The minimum Gasteiger partial charge on any atom is -0.294 e. The molecule has 3 nitrogen and oxygen atoms in total. The van der Waals surface area contributed by atoms with Gasteiger partial charge in [-0.25, -0.2) is 14.4 Å². The van der Waals surface area contributed by atoms with E-state index in [0.29, 0.717) is 17.2 Å². The van der Waals surface area contributed by atoms with Crippen LogP contribution in [0.15, 0.2) is 35.5 Å². The first kappa shape index (κ1) is 20.4. The molecule has 0 saturated carbocycles. The van der Waals surface area contributed by atoms with Crippen LogP contribution >= 0.6 is 23.4 Å². The normalized spacial score (nSPS) is 12.3. The lowest BCUT2D eigenvalue weighted by atomic mass is 10.1. The van der Waals surface area contributed by atoms with Crippen molar-refractivity contribution in [3.05, 3.63) is 58.1 Å². The number of hydrogen-bond acceptors (Lipinski definition) is 4. The number of alkyl halides is 3. The fourth-order valence-corrected chi connectivity index (χ4v) is 2.78. The van der Waals surface area contributed by atoms with Crippen LogP contribution in [0.1, 0.15) is 27.9 Å². The summed E-state index contributed by atoms with van der Waals surface area (Å²) in [6.07, 6.45) is -1.82. The van der Waals surface area contributed by atoms with Gasteiger partial charge in [0.25, 0.3) is 0 Å². The highest BCUT2D eigenvalue weighted by molar-refractivity contribution is 8.13. The fourth-order valence-electron chi connectivity index (χ4n) is 2.15. The molecule has 0 aliphatic heterocycles. The number of aliphatic imine (C=N–C) groups is 1. The molecule has 0 N–H and O–H groups in total.